The molecular weight excluding hydrogens is 180 g/mol. The summed E-state index contributed by atoms with van der Waals surface area (Å²) >= 11 is 1.79. The van der Waals surface area contributed by atoms with Crippen molar-refractivity contribution in [3.63, 3.8) is 0 Å². The van der Waals surface area contributed by atoms with Gasteiger partial charge in [0.2, 0.25) is 0 Å². The molecule has 1 aromatic heterocycles. The Labute approximate surface area is 84.2 Å². The van der Waals surface area contributed by atoms with Gasteiger partial charge in [0, 0.05) is 17.3 Å². The summed E-state index contributed by atoms with van der Waals surface area (Å²) in [4.78, 5) is 5.90. The monoisotopic (exact) mass is 198 g/mol. The van der Waals surface area contributed by atoms with Crippen LogP contribution in [0.15, 0.2) is 0 Å². The van der Waals surface area contributed by atoms with Crippen LogP contribution in [0.25, 0.3) is 0 Å². The van der Waals surface area contributed by atoms with Crippen LogP contribution >= 0.6 is 11.3 Å². The molecule has 0 aliphatic rings. The van der Waals surface area contributed by atoms with Gasteiger partial charge in [-0.05, 0) is 19.8 Å². The largest absolute Gasteiger partial charge is 0.327 e. The van der Waals surface area contributed by atoms with Crippen LogP contribution in [-0.4, -0.2) is 11.0 Å². The molecule has 0 saturated heterocycles. The third-order valence-corrected chi connectivity index (χ3v) is 3.27. The number of hydrogen-bond acceptors (Lipinski definition) is 3. The highest BCUT2D eigenvalue weighted by Gasteiger charge is 2.08. The van der Waals surface area contributed by atoms with Crippen LogP contribution in [0, 0.1) is 6.92 Å². The fourth-order valence-electron chi connectivity index (χ4n) is 1.27. The lowest BCUT2D eigenvalue weighted by Gasteiger charge is -2.04. The lowest BCUT2D eigenvalue weighted by Crippen LogP contribution is -2.21. The molecule has 13 heavy (non-hydrogen) atoms. The van der Waals surface area contributed by atoms with Crippen LogP contribution in [0.3, 0.4) is 0 Å². The molecule has 0 spiro atoms. The Morgan fingerprint density at radius 3 is 2.62 bits per heavy atom. The van der Waals surface area contributed by atoms with Gasteiger partial charge < -0.3 is 5.73 Å². The predicted molar refractivity (Wildman–Crippen MR) is 58.2 cm³/mol. The molecule has 1 atom stereocenters. The summed E-state index contributed by atoms with van der Waals surface area (Å²) in [6.07, 6.45) is 2.99. The number of nitrogens with two attached hydrogens (primary N) is 1. The van der Waals surface area contributed by atoms with Crippen molar-refractivity contribution in [1.82, 2.24) is 4.98 Å². The van der Waals surface area contributed by atoms with Crippen LogP contribution < -0.4 is 5.73 Å². The molecule has 2 N–H and O–H groups in total. The second kappa shape index (κ2) is 4.72. The van der Waals surface area contributed by atoms with E-state index in [0.717, 1.165) is 19.3 Å². The quantitative estimate of drug-likeness (QED) is 0.806. The van der Waals surface area contributed by atoms with E-state index < -0.39 is 0 Å². The molecule has 1 unspecified atom stereocenters. The first kappa shape index (κ1) is 10.7. The van der Waals surface area contributed by atoms with Crippen molar-refractivity contribution in [2.75, 3.05) is 0 Å². The van der Waals surface area contributed by atoms with E-state index in [0.29, 0.717) is 0 Å². The molecule has 0 radical (unpaired) electrons. The highest BCUT2D eigenvalue weighted by molar-refractivity contribution is 7.11. The minimum Gasteiger partial charge on any atom is -0.327 e. The minimum absolute atomic E-state index is 0.273. The van der Waals surface area contributed by atoms with Crippen LogP contribution in [-0.2, 0) is 12.8 Å². The zero-order valence-corrected chi connectivity index (χ0v) is 9.45. The maximum absolute atomic E-state index is 5.87. The molecule has 0 bridgehead atoms. The molecule has 3 heteroatoms. The first-order valence-electron chi connectivity index (χ1n) is 4.88. The summed E-state index contributed by atoms with van der Waals surface area (Å²) in [5.41, 5.74) is 7.11. The van der Waals surface area contributed by atoms with Crippen molar-refractivity contribution in [2.45, 2.75) is 46.1 Å². The van der Waals surface area contributed by atoms with Gasteiger partial charge in [0.05, 0.1) is 10.7 Å². The van der Waals surface area contributed by atoms with Gasteiger partial charge in [-0.2, -0.15) is 0 Å². The van der Waals surface area contributed by atoms with Gasteiger partial charge in [-0.1, -0.05) is 13.8 Å². The normalized spacial score (nSPS) is 13.2. The van der Waals surface area contributed by atoms with Crippen LogP contribution in [0.4, 0.5) is 0 Å². The molecule has 0 aliphatic carbocycles. The first-order valence-corrected chi connectivity index (χ1v) is 5.69. The molecule has 2 nitrogen and oxygen atoms in total. The average molecular weight is 198 g/mol. The van der Waals surface area contributed by atoms with Gasteiger partial charge in [0.15, 0.2) is 0 Å². The summed E-state index contributed by atoms with van der Waals surface area (Å²) in [5.74, 6) is 0. The summed E-state index contributed by atoms with van der Waals surface area (Å²) in [5, 5.41) is 1.20. The molecule has 0 fully saturated rings. The van der Waals surface area contributed by atoms with Gasteiger partial charge >= 0.3 is 0 Å². The number of rotatable bonds is 4. The second-order valence-corrected chi connectivity index (χ2v) is 4.62. The van der Waals surface area contributed by atoms with Crippen molar-refractivity contribution in [3.8, 4) is 0 Å². The summed E-state index contributed by atoms with van der Waals surface area (Å²) in [6, 6.07) is 0.273. The molecular formula is C10H18N2S. The fourth-order valence-corrected chi connectivity index (χ4v) is 2.39. The summed E-state index contributed by atoms with van der Waals surface area (Å²) in [7, 11) is 0. The zero-order chi connectivity index (χ0) is 9.84. The molecule has 1 rings (SSSR count). The Morgan fingerprint density at radius 1 is 1.46 bits per heavy atom. The van der Waals surface area contributed by atoms with E-state index in [1.807, 2.05) is 0 Å². The second-order valence-electron chi connectivity index (χ2n) is 3.34. The Balaban J connectivity index is 2.67. The Morgan fingerprint density at radius 2 is 2.15 bits per heavy atom. The Bertz CT molecular complexity index is 268. The molecule has 0 aliphatic heterocycles. The van der Waals surface area contributed by atoms with Gasteiger partial charge in [-0.25, -0.2) is 4.98 Å². The lowest BCUT2D eigenvalue weighted by molar-refractivity contribution is 0.643. The maximum atomic E-state index is 5.87. The lowest BCUT2D eigenvalue weighted by atomic mass is 10.2. The van der Waals surface area contributed by atoms with Crippen molar-refractivity contribution in [1.29, 1.82) is 0 Å². The first-order chi connectivity index (χ1) is 6.17. The van der Waals surface area contributed by atoms with Crippen molar-refractivity contribution in [3.05, 3.63) is 15.6 Å². The third-order valence-electron chi connectivity index (χ3n) is 2.23. The van der Waals surface area contributed by atoms with E-state index in [9.17, 15) is 0 Å². The SMILES string of the molecule is CCc1nc(CC(N)CC)sc1C. The van der Waals surface area contributed by atoms with E-state index in [1.165, 1.54) is 15.6 Å². The van der Waals surface area contributed by atoms with Gasteiger partial charge in [-0.3, -0.25) is 0 Å². The Kier molecular flexibility index (Phi) is 3.88. The summed E-state index contributed by atoms with van der Waals surface area (Å²) in [6.45, 7) is 6.40. The molecule has 0 aromatic carbocycles. The minimum atomic E-state index is 0.273. The van der Waals surface area contributed by atoms with Crippen LogP contribution in [0.1, 0.15) is 35.8 Å². The maximum Gasteiger partial charge on any atom is 0.0946 e. The van der Waals surface area contributed by atoms with Crippen molar-refractivity contribution in [2.24, 2.45) is 5.73 Å². The zero-order valence-electron chi connectivity index (χ0n) is 8.63. The molecule has 0 saturated carbocycles. The molecule has 1 aromatic rings. The highest BCUT2D eigenvalue weighted by atomic mass is 32.1. The third kappa shape index (κ3) is 2.78. The molecule has 0 amide bonds. The predicted octanol–water partition coefficient (Wildman–Crippen LogP) is 2.29. The van der Waals surface area contributed by atoms with Gasteiger partial charge in [0.25, 0.3) is 0 Å². The van der Waals surface area contributed by atoms with E-state index >= 15 is 0 Å². The van der Waals surface area contributed by atoms with Gasteiger partial charge in [0.1, 0.15) is 0 Å². The van der Waals surface area contributed by atoms with Crippen molar-refractivity contribution < 1.29 is 0 Å². The molecule has 74 valence electrons. The average Bonchev–Trinajstić information content (AvgIpc) is 2.46. The summed E-state index contributed by atoms with van der Waals surface area (Å²) < 4.78 is 0. The van der Waals surface area contributed by atoms with Gasteiger partial charge in [-0.15, -0.1) is 11.3 Å². The number of nitrogens with zero attached hydrogens (tertiary/aromatic N) is 1. The smallest absolute Gasteiger partial charge is 0.0946 e. The standard InChI is InChI=1S/C10H18N2S/c1-4-8(11)6-10-12-9(5-2)7(3)13-10/h8H,4-6,11H2,1-3H3. The number of thiazole rings is 1. The number of aromatic nitrogens is 1. The fraction of sp³-hybridized carbons (Fsp3) is 0.700. The van der Waals surface area contributed by atoms with E-state index in [2.05, 4.69) is 25.8 Å². The topological polar surface area (TPSA) is 38.9 Å². The van der Waals surface area contributed by atoms with Crippen LogP contribution in [0.2, 0.25) is 0 Å². The number of aryl methyl sites for hydroxylation is 2. The number of hydrogen-bond donors (Lipinski definition) is 1. The highest BCUT2D eigenvalue weighted by Crippen LogP contribution is 2.19. The van der Waals surface area contributed by atoms with Crippen LogP contribution in [0.5, 0.6) is 0 Å². The van der Waals surface area contributed by atoms with Crippen molar-refractivity contribution >= 4 is 11.3 Å². The Hall–Kier alpha value is -0.410. The molecule has 1 heterocycles. The van der Waals surface area contributed by atoms with E-state index in [-0.39, 0.29) is 6.04 Å². The van der Waals surface area contributed by atoms with E-state index in [1.54, 1.807) is 11.3 Å². The van der Waals surface area contributed by atoms with E-state index in [4.69, 9.17) is 5.73 Å².